The lowest BCUT2D eigenvalue weighted by Gasteiger charge is -2.20. The molecule has 2 N–H and O–H groups in total. The molecule has 0 aromatic rings. The Morgan fingerprint density at radius 3 is 1.72 bits per heavy atom. The molecule has 3 atom stereocenters. The Bertz CT molecular complexity index is 379. The summed E-state index contributed by atoms with van der Waals surface area (Å²) in [4.78, 5) is 11.0. The molecule has 0 aliphatic heterocycles. The van der Waals surface area contributed by atoms with Crippen molar-refractivity contribution in [1.29, 1.82) is 0 Å². The zero-order valence-electron chi connectivity index (χ0n) is 19.1. The highest BCUT2D eigenvalue weighted by Gasteiger charge is 2.22. The van der Waals surface area contributed by atoms with Crippen molar-refractivity contribution in [2.45, 2.75) is 141 Å². The minimum Gasteiger partial charge on any atom is -0.578 e. The summed E-state index contributed by atoms with van der Waals surface area (Å²) in [5.74, 6) is 0. The minimum atomic E-state index is -2.66. The lowest BCUT2D eigenvalue weighted by Crippen LogP contribution is -2.37. The highest BCUT2D eigenvalue weighted by atomic mass is 31.1. The van der Waals surface area contributed by atoms with E-state index in [1.807, 2.05) is 6.08 Å². The number of unbranched alkanes of at least 4 members (excludes halogenated alkanes) is 15. The molecule has 172 valence electrons. The van der Waals surface area contributed by atoms with E-state index in [2.05, 4.69) is 18.6 Å². The molecule has 0 rings (SSSR count). The number of rotatable bonds is 23. The van der Waals surface area contributed by atoms with Crippen molar-refractivity contribution in [3.05, 3.63) is 12.7 Å². The minimum absolute atomic E-state index is 0.345. The van der Waals surface area contributed by atoms with Gasteiger partial charge in [-0.25, -0.2) is 0 Å². The van der Waals surface area contributed by atoms with Crippen molar-refractivity contribution in [1.82, 2.24) is 5.09 Å². The highest BCUT2D eigenvalue weighted by molar-refractivity contribution is 7.34. The molecule has 0 fully saturated rings. The molecule has 0 aromatic heterocycles. The molecule has 4 nitrogen and oxygen atoms in total. The van der Waals surface area contributed by atoms with Crippen molar-refractivity contribution < 1.29 is 14.6 Å². The van der Waals surface area contributed by atoms with Gasteiger partial charge < -0.3 is 10.00 Å². The van der Waals surface area contributed by atoms with Gasteiger partial charge in [0, 0.05) is 0 Å². The second-order valence-corrected chi connectivity index (χ2v) is 9.29. The van der Waals surface area contributed by atoms with Crippen molar-refractivity contribution in [3.8, 4) is 0 Å². The van der Waals surface area contributed by atoms with Crippen LogP contribution < -0.4 is 9.98 Å². The third-order valence-corrected chi connectivity index (χ3v) is 6.30. The Labute approximate surface area is 181 Å². The van der Waals surface area contributed by atoms with Gasteiger partial charge >= 0.3 is 8.18 Å². The van der Waals surface area contributed by atoms with Crippen LogP contribution in [0.3, 0.4) is 0 Å². The SMILES string of the molecule is C=CCCCCC(N[P+](=O)[O-])C(O)CCCCCCCCCCCCCCCC. The lowest BCUT2D eigenvalue weighted by molar-refractivity contribution is -0.168. The van der Waals surface area contributed by atoms with Gasteiger partial charge in [0.2, 0.25) is 0 Å². The molecule has 0 spiro atoms. The highest BCUT2D eigenvalue weighted by Crippen LogP contribution is 2.18. The summed E-state index contributed by atoms with van der Waals surface area (Å²) >= 11 is 0. The van der Waals surface area contributed by atoms with Gasteiger partial charge in [-0.05, 0) is 25.7 Å². The van der Waals surface area contributed by atoms with Crippen molar-refractivity contribution in [2.75, 3.05) is 0 Å². The van der Waals surface area contributed by atoms with Crippen LogP contribution in [0.1, 0.15) is 129 Å². The number of aliphatic hydroxyl groups excluding tert-OH is 1. The van der Waals surface area contributed by atoms with E-state index >= 15 is 0 Å². The zero-order chi connectivity index (χ0) is 21.6. The summed E-state index contributed by atoms with van der Waals surface area (Å²) in [5, 5.41) is 12.9. The number of nitrogens with one attached hydrogen (secondary N) is 1. The molecule has 0 amide bonds. The Balaban J connectivity index is 3.58. The van der Waals surface area contributed by atoms with E-state index in [0.29, 0.717) is 12.8 Å². The van der Waals surface area contributed by atoms with E-state index in [1.54, 1.807) is 0 Å². The van der Waals surface area contributed by atoms with Gasteiger partial charge in [-0.3, -0.25) is 0 Å². The molecule has 0 aromatic carbocycles. The van der Waals surface area contributed by atoms with Crippen molar-refractivity contribution >= 4 is 8.18 Å². The lowest BCUT2D eigenvalue weighted by atomic mass is 9.98. The van der Waals surface area contributed by atoms with Crippen LogP contribution in [-0.4, -0.2) is 17.3 Å². The summed E-state index contributed by atoms with van der Waals surface area (Å²) in [6, 6.07) is -0.345. The fourth-order valence-electron chi connectivity index (χ4n) is 3.88. The first-order chi connectivity index (χ1) is 14.1. The first-order valence-corrected chi connectivity index (χ1v) is 13.5. The first-order valence-electron chi connectivity index (χ1n) is 12.3. The number of hydrogen-bond acceptors (Lipinski definition) is 3. The molecule has 3 unspecified atom stereocenters. The predicted molar refractivity (Wildman–Crippen MR) is 124 cm³/mol. The average molecular weight is 430 g/mol. The molecule has 29 heavy (non-hydrogen) atoms. The van der Waals surface area contributed by atoms with Gasteiger partial charge in [0.25, 0.3) is 0 Å². The summed E-state index contributed by atoms with van der Waals surface area (Å²) in [7, 11) is -2.66. The van der Waals surface area contributed by atoms with Gasteiger partial charge in [-0.2, -0.15) is 0 Å². The van der Waals surface area contributed by atoms with Gasteiger partial charge in [0.05, 0.1) is 12.1 Å². The number of allylic oxidation sites excluding steroid dienone is 1. The summed E-state index contributed by atoms with van der Waals surface area (Å²) in [6.45, 7) is 5.97. The zero-order valence-corrected chi connectivity index (χ0v) is 20.0. The summed E-state index contributed by atoms with van der Waals surface area (Å²) < 4.78 is 11.0. The Kier molecular flexibility index (Phi) is 22.2. The van der Waals surface area contributed by atoms with E-state index in [0.717, 1.165) is 32.1 Å². The fourth-order valence-corrected chi connectivity index (χ4v) is 4.45. The van der Waals surface area contributed by atoms with Crippen LogP contribution in [0.5, 0.6) is 0 Å². The van der Waals surface area contributed by atoms with Crippen LogP contribution in [0.4, 0.5) is 0 Å². The largest absolute Gasteiger partial charge is 0.578 e. The topological polar surface area (TPSA) is 72.4 Å². The van der Waals surface area contributed by atoms with E-state index in [4.69, 9.17) is 0 Å². The molecule has 0 bridgehead atoms. The number of hydrogen-bond donors (Lipinski definition) is 2. The predicted octanol–water partition coefficient (Wildman–Crippen LogP) is 6.94. The van der Waals surface area contributed by atoms with Crippen molar-refractivity contribution in [2.24, 2.45) is 0 Å². The van der Waals surface area contributed by atoms with E-state index in [9.17, 15) is 14.6 Å². The van der Waals surface area contributed by atoms with Crippen LogP contribution in [-0.2, 0) is 4.57 Å². The quantitative estimate of drug-likeness (QED) is 0.105. The van der Waals surface area contributed by atoms with Gasteiger partial charge in [0.15, 0.2) is 0 Å². The molecule has 0 aliphatic carbocycles. The normalized spacial score (nSPS) is 14.0. The molecule has 5 heteroatoms. The summed E-state index contributed by atoms with van der Waals surface area (Å²) in [5.41, 5.74) is 0. The average Bonchev–Trinajstić information content (AvgIpc) is 2.70. The Morgan fingerprint density at radius 1 is 0.828 bits per heavy atom. The van der Waals surface area contributed by atoms with Crippen LogP contribution in [0.15, 0.2) is 12.7 Å². The van der Waals surface area contributed by atoms with Gasteiger partial charge in [0.1, 0.15) is 0 Å². The van der Waals surface area contributed by atoms with Crippen LogP contribution in [0.25, 0.3) is 0 Å². The van der Waals surface area contributed by atoms with Gasteiger partial charge in [-0.15, -0.1) is 11.7 Å². The molecule has 0 saturated carbocycles. The van der Waals surface area contributed by atoms with Crippen LogP contribution in [0.2, 0.25) is 0 Å². The maximum Gasteiger partial charge on any atom is 0.408 e. The Hall–Kier alpha value is -0.280. The van der Waals surface area contributed by atoms with E-state index in [1.165, 1.54) is 77.0 Å². The second-order valence-electron chi connectivity index (χ2n) is 8.52. The maximum atomic E-state index is 11.0. The molecular weight excluding hydrogens is 381 g/mol. The van der Waals surface area contributed by atoms with Crippen molar-refractivity contribution in [3.63, 3.8) is 0 Å². The number of aliphatic hydroxyl groups is 1. The van der Waals surface area contributed by atoms with E-state index in [-0.39, 0.29) is 6.04 Å². The molecule has 0 saturated heterocycles. The molecule has 0 radical (unpaired) electrons. The second kappa shape index (κ2) is 22.4. The maximum absolute atomic E-state index is 11.0. The third-order valence-electron chi connectivity index (χ3n) is 5.76. The summed E-state index contributed by atoms with van der Waals surface area (Å²) in [6.07, 6.45) is 23.9. The Morgan fingerprint density at radius 2 is 1.28 bits per heavy atom. The van der Waals surface area contributed by atoms with Crippen LogP contribution in [0, 0.1) is 0 Å². The first kappa shape index (κ1) is 28.7. The standard InChI is InChI=1S/C24H48NO3P/c1-3-5-7-9-10-11-12-13-14-15-16-17-18-20-22-24(26)23(25-29(27)28)21-19-8-6-4-2/h4,23-24,26H,2-3,5-22H2,1H3,(H,25,27,28). The molecule has 0 heterocycles. The fraction of sp³-hybridized carbons (Fsp3) is 0.917. The molecule has 0 aliphatic rings. The molecular formula is C24H48NO3P. The van der Waals surface area contributed by atoms with E-state index < -0.39 is 14.3 Å². The van der Waals surface area contributed by atoms with Gasteiger partial charge in [-0.1, -0.05) is 114 Å². The smallest absolute Gasteiger partial charge is 0.408 e. The monoisotopic (exact) mass is 429 g/mol. The third kappa shape index (κ3) is 20.8. The van der Waals surface area contributed by atoms with Crippen LogP contribution >= 0.6 is 8.18 Å².